The molecule has 23 heavy (non-hydrogen) atoms. The topological polar surface area (TPSA) is 85.9 Å². The predicted molar refractivity (Wildman–Crippen MR) is 96.6 cm³/mol. The Morgan fingerprint density at radius 1 is 1.43 bits per heavy atom. The summed E-state index contributed by atoms with van der Waals surface area (Å²) in [5.74, 6) is 1.55. The highest BCUT2D eigenvalue weighted by Crippen LogP contribution is 2.28. The molecule has 7 heteroatoms. The molecule has 1 amide bonds. The minimum atomic E-state index is -0.550. The number of methoxy groups -OCH3 is 1. The van der Waals surface area contributed by atoms with E-state index in [1.54, 1.807) is 12.1 Å². The van der Waals surface area contributed by atoms with Crippen molar-refractivity contribution < 1.29 is 14.3 Å². The van der Waals surface area contributed by atoms with Crippen molar-refractivity contribution in [2.45, 2.75) is 39.7 Å². The first kappa shape index (κ1) is 19.2. The number of amides is 1. The Labute approximate surface area is 141 Å². The van der Waals surface area contributed by atoms with Crippen LogP contribution in [-0.2, 0) is 4.74 Å². The normalized spacial score (nSPS) is 11.4. The lowest BCUT2D eigenvalue weighted by molar-refractivity contribution is 0.177. The molecular weight excluding hydrogens is 314 g/mol. The van der Waals surface area contributed by atoms with Crippen LogP contribution in [0.2, 0.25) is 0 Å². The van der Waals surface area contributed by atoms with Crippen LogP contribution in [0, 0.1) is 0 Å². The quantitative estimate of drug-likeness (QED) is 0.355. The highest BCUT2D eigenvalue weighted by molar-refractivity contribution is 8.13. The molecule has 0 spiro atoms. The number of hydrogen-bond donors (Lipinski definition) is 2. The van der Waals surface area contributed by atoms with Gasteiger partial charge in [0.25, 0.3) is 0 Å². The Hall–Kier alpha value is -1.89. The van der Waals surface area contributed by atoms with Crippen LogP contribution in [0.4, 0.5) is 16.2 Å². The summed E-state index contributed by atoms with van der Waals surface area (Å²) in [5, 5.41) is 3.08. The molecule has 0 heterocycles. The predicted octanol–water partition coefficient (Wildman–Crippen LogP) is 3.93. The Bertz CT molecular complexity index is 547. The number of thioether (sulfide) groups is 1. The zero-order chi connectivity index (χ0) is 17.2. The van der Waals surface area contributed by atoms with E-state index in [0.717, 1.165) is 18.6 Å². The third-order valence-corrected chi connectivity index (χ3v) is 3.68. The number of nitrogens with one attached hydrogen (secondary N) is 1. The molecule has 6 nitrogen and oxygen atoms in total. The summed E-state index contributed by atoms with van der Waals surface area (Å²) in [5.41, 5.74) is 7.09. The summed E-state index contributed by atoms with van der Waals surface area (Å²) in [6, 6.07) is 5.30. The number of carbonyl (C=O) groups excluding carboxylic acids is 1. The lowest BCUT2D eigenvalue weighted by Crippen LogP contribution is -2.28. The number of unbranched alkanes of at least 4 members (excludes halogenated alkanes) is 1. The molecule has 0 atom stereocenters. The van der Waals surface area contributed by atoms with Crippen LogP contribution in [-0.4, -0.2) is 30.2 Å². The molecule has 0 saturated carbocycles. The van der Waals surface area contributed by atoms with Crippen molar-refractivity contribution >= 4 is 34.4 Å². The number of alkyl carbamates (subject to hydrolysis) is 1. The zero-order valence-corrected chi connectivity index (χ0v) is 14.9. The van der Waals surface area contributed by atoms with Gasteiger partial charge in [-0.1, -0.05) is 25.1 Å². The van der Waals surface area contributed by atoms with Gasteiger partial charge >= 0.3 is 6.09 Å². The molecule has 1 aromatic carbocycles. The van der Waals surface area contributed by atoms with E-state index in [4.69, 9.17) is 10.5 Å². The first-order chi connectivity index (χ1) is 11.0. The standard InChI is InChI=1S/C16H25N3O3S/c1-5-6-9-23-15(19-16(20)21-4)18-14-8-7-12(10-13(14)17)22-11(2)3/h7-8,10-11H,5-6,9,17H2,1-4H3,(H,18,19,20). The second-order valence-electron chi connectivity index (χ2n) is 5.12. The molecule has 128 valence electrons. The van der Waals surface area contributed by atoms with E-state index in [2.05, 4.69) is 22.0 Å². The van der Waals surface area contributed by atoms with E-state index >= 15 is 0 Å². The van der Waals surface area contributed by atoms with Crippen LogP contribution in [0.15, 0.2) is 23.2 Å². The average Bonchev–Trinajstić information content (AvgIpc) is 2.49. The second kappa shape index (κ2) is 9.99. The first-order valence-electron chi connectivity index (χ1n) is 7.58. The smallest absolute Gasteiger partial charge is 0.412 e. The van der Waals surface area contributed by atoms with Crippen LogP contribution in [0.25, 0.3) is 0 Å². The second-order valence-corrected chi connectivity index (χ2v) is 6.21. The number of nitrogens with zero attached hydrogens (tertiary/aromatic N) is 1. The zero-order valence-electron chi connectivity index (χ0n) is 14.1. The molecule has 0 fully saturated rings. The maximum atomic E-state index is 11.4. The van der Waals surface area contributed by atoms with Crippen molar-refractivity contribution in [2.75, 3.05) is 18.6 Å². The van der Waals surface area contributed by atoms with Gasteiger partial charge < -0.3 is 15.2 Å². The Morgan fingerprint density at radius 2 is 2.17 bits per heavy atom. The fraction of sp³-hybridized carbons (Fsp3) is 0.500. The van der Waals surface area contributed by atoms with Crippen LogP contribution in [0.3, 0.4) is 0 Å². The number of ether oxygens (including phenoxy) is 2. The van der Waals surface area contributed by atoms with Gasteiger partial charge in [-0.25, -0.2) is 9.79 Å². The number of benzene rings is 1. The highest BCUT2D eigenvalue weighted by Gasteiger charge is 2.09. The van der Waals surface area contributed by atoms with E-state index in [-0.39, 0.29) is 6.10 Å². The summed E-state index contributed by atoms with van der Waals surface area (Å²) >= 11 is 1.46. The average molecular weight is 339 g/mol. The van der Waals surface area contributed by atoms with Crippen molar-refractivity contribution in [2.24, 2.45) is 4.99 Å². The SMILES string of the molecule is CCCCSC(=Nc1ccc(OC(C)C)cc1N)NC(=O)OC. The van der Waals surface area contributed by atoms with E-state index in [0.29, 0.717) is 22.3 Å². The maximum absolute atomic E-state index is 11.4. The molecule has 3 N–H and O–H groups in total. The molecule has 0 aromatic heterocycles. The van der Waals surface area contributed by atoms with Gasteiger partial charge in [0, 0.05) is 11.8 Å². The van der Waals surface area contributed by atoms with Gasteiger partial charge in [-0.2, -0.15) is 0 Å². The van der Waals surface area contributed by atoms with Gasteiger partial charge in [0.15, 0.2) is 5.17 Å². The lowest BCUT2D eigenvalue weighted by Gasteiger charge is -2.12. The molecule has 0 saturated heterocycles. The van der Waals surface area contributed by atoms with Crippen molar-refractivity contribution in [3.05, 3.63) is 18.2 Å². The largest absolute Gasteiger partial charge is 0.491 e. The van der Waals surface area contributed by atoms with Gasteiger partial charge in [0.1, 0.15) is 5.75 Å². The third-order valence-electron chi connectivity index (χ3n) is 2.72. The van der Waals surface area contributed by atoms with Gasteiger partial charge in [-0.05, 0) is 32.4 Å². The molecule has 1 rings (SSSR count). The number of rotatable bonds is 6. The molecule has 0 bridgehead atoms. The van der Waals surface area contributed by atoms with Crippen molar-refractivity contribution in [1.82, 2.24) is 5.32 Å². The van der Waals surface area contributed by atoms with Crippen LogP contribution in [0.1, 0.15) is 33.6 Å². The Kier molecular flexibility index (Phi) is 8.32. The fourth-order valence-corrected chi connectivity index (χ4v) is 2.58. The summed E-state index contributed by atoms with van der Waals surface area (Å²) in [7, 11) is 1.32. The number of hydrogen-bond acceptors (Lipinski definition) is 6. The number of amidine groups is 1. The number of nitrogen functional groups attached to an aromatic ring is 1. The lowest BCUT2D eigenvalue weighted by atomic mass is 10.2. The monoisotopic (exact) mass is 339 g/mol. The van der Waals surface area contributed by atoms with Crippen molar-refractivity contribution in [3.63, 3.8) is 0 Å². The molecule has 0 unspecified atom stereocenters. The van der Waals surface area contributed by atoms with E-state index < -0.39 is 6.09 Å². The van der Waals surface area contributed by atoms with E-state index in [1.807, 2.05) is 19.9 Å². The molecule has 0 aliphatic carbocycles. The van der Waals surface area contributed by atoms with Gasteiger partial charge in [-0.3, -0.25) is 5.32 Å². The number of carbonyl (C=O) groups is 1. The Balaban J connectivity index is 2.92. The molecule has 0 aliphatic heterocycles. The number of nitrogens with two attached hydrogens (primary N) is 1. The third kappa shape index (κ3) is 7.27. The van der Waals surface area contributed by atoms with Crippen LogP contribution < -0.4 is 15.8 Å². The molecule has 0 aliphatic rings. The minimum Gasteiger partial charge on any atom is -0.491 e. The van der Waals surface area contributed by atoms with Gasteiger partial charge in [0.2, 0.25) is 0 Å². The first-order valence-corrected chi connectivity index (χ1v) is 8.57. The van der Waals surface area contributed by atoms with E-state index in [1.165, 1.54) is 18.9 Å². The van der Waals surface area contributed by atoms with Crippen molar-refractivity contribution in [1.29, 1.82) is 0 Å². The Morgan fingerprint density at radius 3 is 2.74 bits per heavy atom. The van der Waals surface area contributed by atoms with Crippen LogP contribution in [0.5, 0.6) is 5.75 Å². The summed E-state index contributed by atoms with van der Waals surface area (Å²) in [6.45, 7) is 6.01. The molecule has 1 aromatic rings. The molecule has 0 radical (unpaired) electrons. The minimum absolute atomic E-state index is 0.0740. The van der Waals surface area contributed by atoms with Crippen LogP contribution >= 0.6 is 11.8 Å². The summed E-state index contributed by atoms with van der Waals surface area (Å²) in [6.07, 6.45) is 1.63. The summed E-state index contributed by atoms with van der Waals surface area (Å²) < 4.78 is 10.2. The van der Waals surface area contributed by atoms with Crippen molar-refractivity contribution in [3.8, 4) is 5.75 Å². The number of anilines is 1. The highest BCUT2D eigenvalue weighted by atomic mass is 32.2. The van der Waals surface area contributed by atoms with E-state index in [9.17, 15) is 4.79 Å². The summed E-state index contributed by atoms with van der Waals surface area (Å²) in [4.78, 5) is 15.9. The number of aliphatic imine (C=N–C) groups is 1. The fourth-order valence-electron chi connectivity index (χ4n) is 1.64. The maximum Gasteiger partial charge on any atom is 0.412 e. The molecular formula is C16H25N3O3S. The van der Waals surface area contributed by atoms with Gasteiger partial charge in [-0.15, -0.1) is 0 Å². The van der Waals surface area contributed by atoms with Gasteiger partial charge in [0.05, 0.1) is 24.6 Å².